The number of methoxy groups -OCH3 is 1. The normalized spacial score (nSPS) is 10.5. The Morgan fingerprint density at radius 1 is 1.09 bits per heavy atom. The summed E-state index contributed by atoms with van der Waals surface area (Å²) in [6.45, 7) is -0.335. The zero-order valence-electron chi connectivity index (χ0n) is 17.8. The second-order valence-electron chi connectivity index (χ2n) is 6.67. The molecular formula is C22H19N5O7. The SMILES string of the molecule is COc1ccc(O)c(C=NNC(=O)COc2ccc(N(N=O)c3ccc([N+](=O)[O-])cc3)cc2)c1. The number of amides is 1. The van der Waals surface area contributed by atoms with Gasteiger partial charge in [0.25, 0.3) is 11.6 Å². The average molecular weight is 465 g/mol. The zero-order chi connectivity index (χ0) is 24.5. The number of ether oxygens (including phenoxy) is 2. The van der Waals surface area contributed by atoms with Crippen molar-refractivity contribution in [1.29, 1.82) is 0 Å². The Morgan fingerprint density at radius 3 is 2.29 bits per heavy atom. The van der Waals surface area contributed by atoms with Gasteiger partial charge in [-0.2, -0.15) is 10.1 Å². The van der Waals surface area contributed by atoms with Gasteiger partial charge in [0.15, 0.2) is 6.61 Å². The van der Waals surface area contributed by atoms with Crippen molar-refractivity contribution in [1.82, 2.24) is 5.43 Å². The van der Waals surface area contributed by atoms with Crippen LogP contribution in [0.3, 0.4) is 0 Å². The summed E-state index contributed by atoms with van der Waals surface area (Å²) in [4.78, 5) is 33.5. The van der Waals surface area contributed by atoms with Crippen molar-refractivity contribution in [2.24, 2.45) is 10.4 Å². The first-order chi connectivity index (χ1) is 16.4. The molecular weight excluding hydrogens is 446 g/mol. The molecule has 0 atom stereocenters. The second kappa shape index (κ2) is 11.0. The number of non-ortho nitro benzene ring substituents is 1. The molecule has 0 aliphatic rings. The maximum atomic E-state index is 11.9. The molecule has 0 spiro atoms. The van der Waals surface area contributed by atoms with Gasteiger partial charge in [0, 0.05) is 17.7 Å². The quantitative estimate of drug-likeness (QED) is 0.199. The molecule has 0 aliphatic heterocycles. The molecule has 174 valence electrons. The number of rotatable bonds is 10. The van der Waals surface area contributed by atoms with E-state index < -0.39 is 10.8 Å². The van der Waals surface area contributed by atoms with Gasteiger partial charge in [0.1, 0.15) is 17.2 Å². The molecule has 0 aromatic heterocycles. The van der Waals surface area contributed by atoms with Crippen LogP contribution in [0, 0.1) is 15.0 Å². The minimum Gasteiger partial charge on any atom is -0.507 e. The first kappa shape index (κ1) is 23.7. The number of hydrogen-bond acceptors (Lipinski definition) is 9. The number of nitroso groups, excluding NO2 is 1. The van der Waals surface area contributed by atoms with Crippen molar-refractivity contribution >= 4 is 29.2 Å². The topological polar surface area (TPSA) is 156 Å². The van der Waals surface area contributed by atoms with Gasteiger partial charge in [0.05, 0.1) is 34.9 Å². The second-order valence-corrected chi connectivity index (χ2v) is 6.67. The van der Waals surface area contributed by atoms with Crippen molar-refractivity contribution < 1.29 is 24.3 Å². The Hall–Kier alpha value is -5.00. The number of benzene rings is 3. The Kier molecular flexibility index (Phi) is 7.68. The summed E-state index contributed by atoms with van der Waals surface area (Å²) in [5.41, 5.74) is 3.26. The van der Waals surface area contributed by atoms with Crippen LogP contribution in [-0.2, 0) is 4.79 Å². The Morgan fingerprint density at radius 2 is 1.71 bits per heavy atom. The van der Waals surface area contributed by atoms with Crippen LogP contribution >= 0.6 is 0 Å². The fourth-order valence-corrected chi connectivity index (χ4v) is 2.76. The van der Waals surface area contributed by atoms with Crippen molar-refractivity contribution in [3.63, 3.8) is 0 Å². The van der Waals surface area contributed by atoms with Crippen molar-refractivity contribution in [3.05, 3.63) is 87.3 Å². The predicted molar refractivity (Wildman–Crippen MR) is 123 cm³/mol. The van der Waals surface area contributed by atoms with E-state index in [2.05, 4.69) is 15.8 Å². The van der Waals surface area contributed by atoms with E-state index in [0.29, 0.717) is 28.4 Å². The van der Waals surface area contributed by atoms with E-state index in [0.717, 1.165) is 5.01 Å². The molecule has 2 N–H and O–H groups in total. The third kappa shape index (κ3) is 6.03. The van der Waals surface area contributed by atoms with Gasteiger partial charge < -0.3 is 14.6 Å². The fraction of sp³-hybridized carbons (Fsp3) is 0.0909. The third-order valence-electron chi connectivity index (χ3n) is 4.47. The lowest BCUT2D eigenvalue weighted by atomic mass is 10.2. The highest BCUT2D eigenvalue weighted by Gasteiger charge is 2.13. The molecule has 0 unspecified atom stereocenters. The van der Waals surface area contributed by atoms with E-state index in [4.69, 9.17) is 9.47 Å². The lowest BCUT2D eigenvalue weighted by Gasteiger charge is -2.15. The number of carbonyl (C=O) groups excluding carboxylic acids is 1. The summed E-state index contributed by atoms with van der Waals surface area (Å²) < 4.78 is 10.5. The maximum Gasteiger partial charge on any atom is 0.277 e. The number of hydrogen-bond donors (Lipinski definition) is 2. The molecule has 0 radical (unpaired) electrons. The largest absolute Gasteiger partial charge is 0.507 e. The number of anilines is 2. The summed E-state index contributed by atoms with van der Waals surface area (Å²) in [7, 11) is 1.49. The molecule has 12 nitrogen and oxygen atoms in total. The van der Waals surface area contributed by atoms with Crippen LogP contribution < -0.4 is 19.9 Å². The van der Waals surface area contributed by atoms with Crippen molar-refractivity contribution in [2.75, 3.05) is 18.7 Å². The van der Waals surface area contributed by atoms with E-state index >= 15 is 0 Å². The number of nitro groups is 1. The maximum absolute atomic E-state index is 11.9. The van der Waals surface area contributed by atoms with Crippen LogP contribution in [-0.4, -0.2) is 35.9 Å². The fourth-order valence-electron chi connectivity index (χ4n) is 2.76. The Balaban J connectivity index is 1.55. The highest BCUT2D eigenvalue weighted by molar-refractivity contribution is 5.86. The number of carbonyl (C=O) groups is 1. The first-order valence-electron chi connectivity index (χ1n) is 9.71. The van der Waals surface area contributed by atoms with Gasteiger partial charge in [-0.1, -0.05) is 0 Å². The minimum atomic E-state index is -0.543. The molecule has 0 saturated heterocycles. The highest BCUT2D eigenvalue weighted by atomic mass is 16.6. The molecule has 0 bridgehead atoms. The Bertz CT molecular complexity index is 1200. The van der Waals surface area contributed by atoms with Gasteiger partial charge in [-0.15, -0.1) is 4.91 Å². The van der Waals surface area contributed by atoms with E-state index in [9.17, 15) is 24.9 Å². The molecule has 0 aliphatic carbocycles. The molecule has 0 heterocycles. The van der Waals surface area contributed by atoms with Crippen LogP contribution in [0.15, 0.2) is 77.1 Å². The van der Waals surface area contributed by atoms with E-state index in [1.54, 1.807) is 24.3 Å². The molecule has 3 rings (SSSR count). The van der Waals surface area contributed by atoms with Gasteiger partial charge in [-0.25, -0.2) is 5.43 Å². The molecule has 0 saturated carbocycles. The van der Waals surface area contributed by atoms with Crippen molar-refractivity contribution in [2.45, 2.75) is 0 Å². The van der Waals surface area contributed by atoms with Crippen molar-refractivity contribution in [3.8, 4) is 17.2 Å². The van der Waals surface area contributed by atoms with Gasteiger partial charge in [0.2, 0.25) is 0 Å². The zero-order valence-corrected chi connectivity index (χ0v) is 17.8. The van der Waals surface area contributed by atoms with Crippen LogP contribution in [0.25, 0.3) is 0 Å². The number of nitro benzene ring substituents is 1. The number of phenolic OH excluding ortho intramolecular Hbond substituents is 1. The highest BCUT2D eigenvalue weighted by Crippen LogP contribution is 2.29. The number of phenols is 1. The number of nitrogens with one attached hydrogen (secondary N) is 1. The van der Waals surface area contributed by atoms with Crippen LogP contribution in [0.5, 0.6) is 17.2 Å². The molecule has 34 heavy (non-hydrogen) atoms. The third-order valence-corrected chi connectivity index (χ3v) is 4.47. The molecule has 3 aromatic carbocycles. The standard InChI is InChI=1S/C22H19N5O7/c1-33-20-10-11-21(28)15(12-20)13-23-24-22(29)14-34-19-8-6-17(7-9-19)26(25-30)16-2-4-18(5-3-16)27(31)32/h2-13,28H,14H2,1H3,(H,24,29). The molecule has 0 fully saturated rings. The van der Waals surface area contributed by atoms with Gasteiger partial charge in [-0.3, -0.25) is 14.9 Å². The minimum absolute atomic E-state index is 0.0253. The van der Waals surface area contributed by atoms with Gasteiger partial charge in [-0.05, 0) is 54.6 Å². The summed E-state index contributed by atoms with van der Waals surface area (Å²) >= 11 is 0. The lowest BCUT2D eigenvalue weighted by molar-refractivity contribution is -0.384. The van der Waals surface area contributed by atoms with E-state index in [1.807, 2.05) is 0 Å². The lowest BCUT2D eigenvalue weighted by Crippen LogP contribution is -2.24. The number of nitrogens with zero attached hydrogens (tertiary/aromatic N) is 4. The molecule has 1 amide bonds. The van der Waals surface area contributed by atoms with Crippen LogP contribution in [0.4, 0.5) is 17.1 Å². The number of aromatic hydroxyl groups is 1. The number of hydrazone groups is 1. The van der Waals surface area contributed by atoms with Crippen LogP contribution in [0.1, 0.15) is 5.56 Å². The van der Waals surface area contributed by atoms with Gasteiger partial charge >= 0.3 is 0 Å². The summed E-state index contributed by atoms with van der Waals surface area (Å²) in [5.74, 6) is 0.310. The summed E-state index contributed by atoms with van der Waals surface area (Å²) in [5, 5.41) is 28.3. The van der Waals surface area contributed by atoms with E-state index in [-0.39, 0.29) is 18.0 Å². The molecule has 3 aromatic rings. The monoisotopic (exact) mass is 465 g/mol. The van der Waals surface area contributed by atoms with Crippen LogP contribution in [0.2, 0.25) is 0 Å². The average Bonchev–Trinajstić information content (AvgIpc) is 2.85. The summed E-state index contributed by atoms with van der Waals surface area (Å²) in [6, 6.07) is 16.1. The smallest absolute Gasteiger partial charge is 0.277 e. The van der Waals surface area contributed by atoms with E-state index in [1.165, 1.54) is 55.8 Å². The summed E-state index contributed by atoms with van der Waals surface area (Å²) in [6.07, 6.45) is 1.27. The predicted octanol–water partition coefficient (Wildman–Crippen LogP) is 3.66. The first-order valence-corrected chi connectivity index (χ1v) is 9.71. The molecule has 12 heteroatoms. The Labute approximate surface area is 193 Å².